The number of nitrogens with zero attached hydrogens (tertiary/aromatic N) is 3. The minimum atomic E-state index is -0.657. The quantitative estimate of drug-likeness (QED) is 0.327. The molecule has 0 aliphatic carbocycles. The van der Waals surface area contributed by atoms with Crippen LogP contribution < -0.4 is 9.47 Å². The molecule has 0 N–H and O–H groups in total. The zero-order valence-electron chi connectivity index (χ0n) is 14.7. The number of esters is 1. The standard InChI is InChI=1S/C18H15N3O7/c1-25-15-5-3-2-4-14(15)18-19-16(28-20-18)10-27-17(22)11-26-13-8-6-12(7-9-13)21(23)24/h2-9H,10-11H2,1H3. The molecule has 10 nitrogen and oxygen atoms in total. The Kier molecular flexibility index (Phi) is 5.80. The van der Waals surface area contributed by atoms with E-state index in [0.717, 1.165) is 0 Å². The molecule has 0 saturated heterocycles. The number of carbonyl (C=O) groups is 1. The third-order valence-corrected chi connectivity index (χ3v) is 3.58. The van der Waals surface area contributed by atoms with Gasteiger partial charge in [-0.25, -0.2) is 4.79 Å². The summed E-state index contributed by atoms with van der Waals surface area (Å²) in [6, 6.07) is 12.5. The maximum Gasteiger partial charge on any atom is 0.344 e. The summed E-state index contributed by atoms with van der Waals surface area (Å²) < 4.78 is 20.5. The van der Waals surface area contributed by atoms with Crippen molar-refractivity contribution in [3.8, 4) is 22.9 Å². The van der Waals surface area contributed by atoms with Crippen LogP contribution in [0.5, 0.6) is 11.5 Å². The lowest BCUT2D eigenvalue weighted by Crippen LogP contribution is -2.14. The summed E-state index contributed by atoms with van der Waals surface area (Å²) in [5, 5.41) is 14.4. The molecule has 0 aliphatic rings. The van der Waals surface area contributed by atoms with E-state index in [1.54, 1.807) is 12.1 Å². The molecule has 2 aromatic carbocycles. The lowest BCUT2D eigenvalue weighted by atomic mass is 10.2. The Morgan fingerprint density at radius 3 is 2.64 bits per heavy atom. The molecule has 144 valence electrons. The summed E-state index contributed by atoms with van der Waals surface area (Å²) in [5.74, 6) is 0.660. The number of rotatable bonds is 8. The fourth-order valence-electron chi connectivity index (χ4n) is 2.24. The van der Waals surface area contributed by atoms with E-state index in [-0.39, 0.29) is 24.8 Å². The first-order valence-corrected chi connectivity index (χ1v) is 8.05. The minimum absolute atomic E-state index is 0.0721. The van der Waals surface area contributed by atoms with Crippen molar-refractivity contribution in [1.29, 1.82) is 0 Å². The number of methoxy groups -OCH3 is 1. The fraction of sp³-hybridized carbons (Fsp3) is 0.167. The van der Waals surface area contributed by atoms with Gasteiger partial charge in [0.15, 0.2) is 13.2 Å². The van der Waals surface area contributed by atoms with E-state index in [1.807, 2.05) is 12.1 Å². The SMILES string of the molecule is COc1ccccc1-c1noc(COC(=O)COc2ccc([N+](=O)[O-])cc2)n1. The third-order valence-electron chi connectivity index (χ3n) is 3.58. The number of benzene rings is 2. The molecule has 3 aromatic rings. The molecular formula is C18H15N3O7. The number of non-ortho nitro benzene ring substituents is 1. The van der Waals surface area contributed by atoms with Gasteiger partial charge in [-0.1, -0.05) is 17.3 Å². The molecule has 0 spiro atoms. The van der Waals surface area contributed by atoms with Crippen LogP contribution in [0.2, 0.25) is 0 Å². The molecule has 0 unspecified atom stereocenters. The van der Waals surface area contributed by atoms with E-state index in [4.69, 9.17) is 18.7 Å². The molecule has 0 radical (unpaired) electrons. The highest BCUT2D eigenvalue weighted by molar-refractivity contribution is 5.71. The number of hydrogen-bond donors (Lipinski definition) is 0. The Labute approximate surface area is 158 Å². The summed E-state index contributed by atoms with van der Waals surface area (Å²) in [6.45, 7) is -0.587. The molecule has 0 atom stereocenters. The van der Waals surface area contributed by atoms with Crippen molar-refractivity contribution < 1.29 is 28.5 Å². The average Bonchev–Trinajstić information content (AvgIpc) is 3.20. The van der Waals surface area contributed by atoms with E-state index in [9.17, 15) is 14.9 Å². The van der Waals surface area contributed by atoms with Crippen LogP contribution in [0, 0.1) is 10.1 Å². The molecule has 0 fully saturated rings. The Balaban J connectivity index is 1.51. The lowest BCUT2D eigenvalue weighted by Gasteiger charge is -2.05. The van der Waals surface area contributed by atoms with Crippen LogP contribution in [0.15, 0.2) is 53.1 Å². The van der Waals surface area contributed by atoms with Gasteiger partial charge in [0.25, 0.3) is 11.6 Å². The number of nitro groups is 1. The van der Waals surface area contributed by atoms with E-state index >= 15 is 0 Å². The third kappa shape index (κ3) is 4.61. The highest BCUT2D eigenvalue weighted by Gasteiger charge is 2.14. The van der Waals surface area contributed by atoms with Crippen molar-refractivity contribution in [3.63, 3.8) is 0 Å². The smallest absolute Gasteiger partial charge is 0.344 e. The first-order chi connectivity index (χ1) is 13.6. The summed E-state index contributed by atoms with van der Waals surface area (Å²) >= 11 is 0. The van der Waals surface area contributed by atoms with Gasteiger partial charge in [-0.15, -0.1) is 0 Å². The summed E-state index contributed by atoms with van der Waals surface area (Å²) in [4.78, 5) is 26.0. The van der Waals surface area contributed by atoms with Crippen LogP contribution >= 0.6 is 0 Å². The van der Waals surface area contributed by atoms with Crippen molar-refractivity contribution in [3.05, 3.63) is 64.5 Å². The summed E-state index contributed by atoms with van der Waals surface area (Å²) in [5.41, 5.74) is 0.574. The Morgan fingerprint density at radius 1 is 1.18 bits per heavy atom. The van der Waals surface area contributed by atoms with E-state index in [1.165, 1.54) is 31.4 Å². The van der Waals surface area contributed by atoms with Gasteiger partial charge in [-0.2, -0.15) is 4.98 Å². The maximum absolute atomic E-state index is 11.8. The molecule has 3 rings (SSSR count). The maximum atomic E-state index is 11.8. The van der Waals surface area contributed by atoms with Crippen LogP contribution in [0.4, 0.5) is 5.69 Å². The number of ether oxygens (including phenoxy) is 3. The monoisotopic (exact) mass is 385 g/mol. The number of carbonyl (C=O) groups excluding carboxylic acids is 1. The van der Waals surface area contributed by atoms with Gasteiger partial charge < -0.3 is 18.7 Å². The number of hydrogen-bond acceptors (Lipinski definition) is 9. The molecule has 1 heterocycles. The van der Waals surface area contributed by atoms with E-state index in [2.05, 4.69) is 10.1 Å². The normalized spacial score (nSPS) is 10.3. The Hall–Kier alpha value is -3.95. The second kappa shape index (κ2) is 8.62. The molecule has 0 saturated carbocycles. The molecule has 0 aliphatic heterocycles. The second-order valence-electron chi connectivity index (χ2n) is 5.41. The van der Waals surface area contributed by atoms with Crippen LogP contribution in [-0.4, -0.2) is 34.7 Å². The van der Waals surface area contributed by atoms with Gasteiger partial charge in [-0.3, -0.25) is 10.1 Å². The van der Waals surface area contributed by atoms with Crippen molar-refractivity contribution in [2.45, 2.75) is 6.61 Å². The fourth-order valence-corrected chi connectivity index (χ4v) is 2.24. The van der Waals surface area contributed by atoms with E-state index in [0.29, 0.717) is 22.9 Å². The van der Waals surface area contributed by atoms with Crippen molar-refractivity contribution in [1.82, 2.24) is 10.1 Å². The Morgan fingerprint density at radius 2 is 1.93 bits per heavy atom. The average molecular weight is 385 g/mol. The van der Waals surface area contributed by atoms with Gasteiger partial charge >= 0.3 is 5.97 Å². The van der Waals surface area contributed by atoms with Crippen molar-refractivity contribution in [2.24, 2.45) is 0 Å². The van der Waals surface area contributed by atoms with Gasteiger partial charge in [0.1, 0.15) is 11.5 Å². The van der Waals surface area contributed by atoms with Gasteiger partial charge in [0, 0.05) is 12.1 Å². The Bertz CT molecular complexity index is 969. The molecule has 28 heavy (non-hydrogen) atoms. The molecule has 0 bridgehead atoms. The predicted octanol–water partition coefficient (Wildman–Crippen LogP) is 2.78. The van der Waals surface area contributed by atoms with Crippen LogP contribution in [0.25, 0.3) is 11.4 Å². The van der Waals surface area contributed by atoms with E-state index < -0.39 is 10.9 Å². The number of aromatic nitrogens is 2. The van der Waals surface area contributed by atoms with Crippen molar-refractivity contribution >= 4 is 11.7 Å². The van der Waals surface area contributed by atoms with Crippen LogP contribution in [0.3, 0.4) is 0 Å². The van der Waals surface area contributed by atoms with Crippen LogP contribution in [-0.2, 0) is 16.1 Å². The lowest BCUT2D eigenvalue weighted by molar-refractivity contribution is -0.384. The zero-order chi connectivity index (χ0) is 19.9. The van der Waals surface area contributed by atoms with Crippen molar-refractivity contribution in [2.75, 3.05) is 13.7 Å². The van der Waals surface area contributed by atoms with Gasteiger partial charge in [0.05, 0.1) is 17.6 Å². The highest BCUT2D eigenvalue weighted by Crippen LogP contribution is 2.27. The molecule has 1 aromatic heterocycles. The molecule has 10 heteroatoms. The molecular weight excluding hydrogens is 370 g/mol. The molecule has 0 amide bonds. The van der Waals surface area contributed by atoms with Crippen LogP contribution in [0.1, 0.15) is 5.89 Å². The highest BCUT2D eigenvalue weighted by atomic mass is 16.6. The first kappa shape index (κ1) is 18.8. The zero-order valence-corrected chi connectivity index (χ0v) is 14.7. The van der Waals surface area contributed by atoms with Gasteiger partial charge in [0.2, 0.25) is 5.82 Å². The minimum Gasteiger partial charge on any atom is -0.496 e. The predicted molar refractivity (Wildman–Crippen MR) is 94.7 cm³/mol. The number of nitro benzene ring substituents is 1. The first-order valence-electron chi connectivity index (χ1n) is 8.05. The summed E-state index contributed by atoms with van der Waals surface area (Å²) in [6.07, 6.45) is 0. The second-order valence-corrected chi connectivity index (χ2v) is 5.41. The van der Waals surface area contributed by atoms with Gasteiger partial charge in [-0.05, 0) is 24.3 Å². The summed E-state index contributed by atoms with van der Waals surface area (Å²) in [7, 11) is 1.53. The topological polar surface area (TPSA) is 127 Å². The number of para-hydroxylation sites is 1. The largest absolute Gasteiger partial charge is 0.496 e.